The number of carboxylic acid groups (broad SMARTS) is 1. The van der Waals surface area contributed by atoms with Crippen LogP contribution < -0.4 is 4.74 Å². The van der Waals surface area contributed by atoms with E-state index in [2.05, 4.69) is 25.6 Å². The molecule has 22 heavy (non-hydrogen) atoms. The van der Waals surface area contributed by atoms with Crippen LogP contribution in [0.1, 0.15) is 25.0 Å². The molecule has 3 rings (SSSR count). The topological polar surface area (TPSA) is 118 Å². The van der Waals surface area contributed by atoms with Gasteiger partial charge in [-0.1, -0.05) is 13.0 Å². The molecule has 0 aliphatic carbocycles. The van der Waals surface area contributed by atoms with Gasteiger partial charge in [-0.15, -0.1) is 10.2 Å². The molecule has 0 amide bonds. The number of pyridine rings is 1. The predicted octanol–water partition coefficient (Wildman–Crippen LogP) is 1.10. The highest BCUT2D eigenvalue weighted by atomic mass is 16.5. The van der Waals surface area contributed by atoms with Crippen molar-refractivity contribution in [3.05, 3.63) is 23.9 Å². The van der Waals surface area contributed by atoms with Gasteiger partial charge in [0.1, 0.15) is 5.65 Å². The number of hydrogen-bond acceptors (Lipinski definition) is 6. The molecule has 0 fully saturated rings. The molecule has 1 unspecified atom stereocenters. The molecule has 0 saturated heterocycles. The number of aliphatic carboxylic acids is 1. The van der Waals surface area contributed by atoms with E-state index in [0.717, 1.165) is 0 Å². The second-order valence-electron chi connectivity index (χ2n) is 4.65. The van der Waals surface area contributed by atoms with E-state index in [1.807, 2.05) is 6.92 Å². The molecule has 0 bridgehead atoms. The first-order valence-corrected chi connectivity index (χ1v) is 6.69. The van der Waals surface area contributed by atoms with Crippen molar-refractivity contribution in [2.45, 2.75) is 19.3 Å². The number of H-pyrrole nitrogens is 1. The van der Waals surface area contributed by atoms with E-state index < -0.39 is 11.9 Å². The minimum atomic E-state index is -0.896. The fourth-order valence-corrected chi connectivity index (χ4v) is 2.47. The molecule has 9 heteroatoms. The number of fused-ring (bicyclic) bond motifs is 1. The van der Waals surface area contributed by atoms with Crippen molar-refractivity contribution < 1.29 is 14.6 Å². The van der Waals surface area contributed by atoms with E-state index in [4.69, 9.17) is 4.74 Å². The number of ether oxygens (including phenoxy) is 1. The second kappa shape index (κ2) is 5.43. The zero-order valence-electron chi connectivity index (χ0n) is 12.0. The molecule has 9 nitrogen and oxygen atoms in total. The number of tetrazole rings is 1. The maximum Gasteiger partial charge on any atom is 0.312 e. The smallest absolute Gasteiger partial charge is 0.312 e. The lowest BCUT2D eigenvalue weighted by Gasteiger charge is -2.14. The van der Waals surface area contributed by atoms with E-state index in [1.165, 1.54) is 7.11 Å². The van der Waals surface area contributed by atoms with Gasteiger partial charge in [0.05, 0.1) is 13.0 Å². The lowest BCUT2D eigenvalue weighted by Crippen LogP contribution is -2.14. The number of rotatable bonds is 5. The molecule has 0 saturated carbocycles. The van der Waals surface area contributed by atoms with Gasteiger partial charge >= 0.3 is 5.97 Å². The zero-order chi connectivity index (χ0) is 15.7. The first-order chi connectivity index (χ1) is 10.7. The van der Waals surface area contributed by atoms with Crippen LogP contribution in [0, 0.1) is 0 Å². The van der Waals surface area contributed by atoms with E-state index in [-0.39, 0.29) is 5.82 Å². The summed E-state index contributed by atoms with van der Waals surface area (Å²) < 4.78 is 7.10. The Kier molecular flexibility index (Phi) is 3.45. The fourth-order valence-electron chi connectivity index (χ4n) is 2.47. The van der Waals surface area contributed by atoms with Crippen LogP contribution in [0.3, 0.4) is 0 Å². The summed E-state index contributed by atoms with van der Waals surface area (Å²) in [5, 5.41) is 23.1. The average Bonchev–Trinajstić information content (AvgIpc) is 3.14. The van der Waals surface area contributed by atoms with Gasteiger partial charge in [-0.05, 0) is 23.8 Å². The molecule has 2 N–H and O–H groups in total. The number of carbonyl (C=O) groups is 1. The average molecular weight is 302 g/mol. The van der Waals surface area contributed by atoms with Gasteiger partial charge in [0, 0.05) is 5.69 Å². The first kappa shape index (κ1) is 14.0. The second-order valence-corrected chi connectivity index (χ2v) is 4.65. The molecule has 3 heterocycles. The third-order valence-corrected chi connectivity index (χ3v) is 3.45. The molecule has 0 radical (unpaired) electrons. The third kappa shape index (κ3) is 2.07. The van der Waals surface area contributed by atoms with Crippen molar-refractivity contribution in [1.29, 1.82) is 0 Å². The summed E-state index contributed by atoms with van der Waals surface area (Å²) in [5.41, 5.74) is 1.56. The van der Waals surface area contributed by atoms with Crippen LogP contribution in [0.4, 0.5) is 0 Å². The molecule has 1 atom stereocenters. The van der Waals surface area contributed by atoms with Crippen molar-refractivity contribution in [2.75, 3.05) is 7.11 Å². The number of hydrogen-bond donors (Lipinski definition) is 2. The summed E-state index contributed by atoms with van der Waals surface area (Å²) in [4.78, 5) is 15.9. The predicted molar refractivity (Wildman–Crippen MR) is 75.6 cm³/mol. The Morgan fingerprint density at radius 1 is 1.50 bits per heavy atom. The van der Waals surface area contributed by atoms with Crippen molar-refractivity contribution >= 4 is 11.6 Å². The van der Waals surface area contributed by atoms with Gasteiger partial charge < -0.3 is 9.84 Å². The Morgan fingerprint density at radius 2 is 2.32 bits per heavy atom. The molecule has 3 aromatic heterocycles. The number of nitrogens with zero attached hydrogens (tertiary/aromatic N) is 5. The van der Waals surface area contributed by atoms with E-state index in [1.54, 1.807) is 22.6 Å². The lowest BCUT2D eigenvalue weighted by molar-refractivity contribution is -0.139. The van der Waals surface area contributed by atoms with Crippen LogP contribution in [-0.2, 0) is 4.79 Å². The van der Waals surface area contributed by atoms with E-state index in [9.17, 15) is 9.90 Å². The van der Waals surface area contributed by atoms with Crippen molar-refractivity contribution in [3.63, 3.8) is 0 Å². The minimum Gasteiger partial charge on any atom is -0.481 e. The third-order valence-electron chi connectivity index (χ3n) is 3.45. The summed E-state index contributed by atoms with van der Waals surface area (Å²) in [7, 11) is 1.49. The van der Waals surface area contributed by atoms with Crippen LogP contribution in [0.15, 0.2) is 18.2 Å². The monoisotopic (exact) mass is 302 g/mol. The summed E-state index contributed by atoms with van der Waals surface area (Å²) in [6.45, 7) is 1.82. The van der Waals surface area contributed by atoms with Gasteiger partial charge in [-0.3, -0.25) is 9.20 Å². The molecule has 0 aromatic carbocycles. The molecule has 114 valence electrons. The zero-order valence-corrected chi connectivity index (χ0v) is 12.0. The van der Waals surface area contributed by atoms with Crippen LogP contribution >= 0.6 is 0 Å². The lowest BCUT2D eigenvalue weighted by atomic mass is 10.0. The van der Waals surface area contributed by atoms with Crippen molar-refractivity contribution in [1.82, 2.24) is 30.0 Å². The van der Waals surface area contributed by atoms with E-state index >= 15 is 0 Å². The van der Waals surface area contributed by atoms with Crippen LogP contribution in [0.25, 0.3) is 17.2 Å². The summed E-state index contributed by atoms with van der Waals surface area (Å²) >= 11 is 0. The van der Waals surface area contributed by atoms with Gasteiger partial charge in [0.2, 0.25) is 11.7 Å². The highest BCUT2D eigenvalue weighted by molar-refractivity contribution is 5.76. The molecule has 3 aromatic rings. The summed E-state index contributed by atoms with van der Waals surface area (Å²) in [5.74, 6) is -0.890. The Hall–Kier alpha value is -2.97. The molecule has 0 aliphatic heterocycles. The van der Waals surface area contributed by atoms with Gasteiger partial charge in [-0.2, -0.15) is 5.21 Å². The molecular weight excluding hydrogens is 288 g/mol. The SMILES string of the molecule is CCC(C(=O)O)c1cccc2nc(-c3nn[nH]n3)c(OC)n12. The summed E-state index contributed by atoms with van der Waals surface area (Å²) in [6.07, 6.45) is 0.452. The highest BCUT2D eigenvalue weighted by Gasteiger charge is 2.25. The number of carboxylic acids is 1. The first-order valence-electron chi connectivity index (χ1n) is 6.69. The Balaban J connectivity index is 2.30. The highest BCUT2D eigenvalue weighted by Crippen LogP contribution is 2.32. The quantitative estimate of drug-likeness (QED) is 0.724. The molecule has 0 aliphatic rings. The summed E-state index contributed by atoms with van der Waals surface area (Å²) in [6, 6.07) is 5.28. The number of aromatic nitrogens is 6. The maximum atomic E-state index is 11.5. The Bertz CT molecular complexity index is 811. The van der Waals surface area contributed by atoms with Crippen molar-refractivity contribution in [2.24, 2.45) is 0 Å². The maximum absolute atomic E-state index is 11.5. The Labute approximate surface area is 124 Å². The normalized spacial score (nSPS) is 12.5. The van der Waals surface area contributed by atoms with Gasteiger partial charge in [-0.25, -0.2) is 4.98 Å². The molecular formula is C13H14N6O3. The number of aromatic amines is 1. The van der Waals surface area contributed by atoms with Crippen LogP contribution in [-0.4, -0.2) is 48.2 Å². The Morgan fingerprint density at radius 3 is 2.91 bits per heavy atom. The standard InChI is InChI=1S/C13H14N6O3/c1-3-7(13(20)21)8-5-4-6-9-14-10(11-15-17-18-16-11)12(22-2)19(8)9/h4-7H,3H2,1-2H3,(H,20,21)(H,15,16,17,18). The minimum absolute atomic E-state index is 0.287. The van der Waals surface area contributed by atoms with Crippen molar-refractivity contribution in [3.8, 4) is 17.4 Å². The van der Waals surface area contributed by atoms with Crippen LogP contribution in [0.2, 0.25) is 0 Å². The fraction of sp³-hybridized carbons (Fsp3) is 0.308. The van der Waals surface area contributed by atoms with Gasteiger partial charge in [0.15, 0.2) is 5.69 Å². The number of nitrogens with one attached hydrogen (secondary N) is 1. The molecule has 0 spiro atoms. The largest absolute Gasteiger partial charge is 0.481 e. The van der Waals surface area contributed by atoms with Crippen LogP contribution in [0.5, 0.6) is 5.88 Å². The number of methoxy groups -OCH3 is 1. The van der Waals surface area contributed by atoms with Gasteiger partial charge in [0.25, 0.3) is 0 Å². The number of imidazole rings is 1. The van der Waals surface area contributed by atoms with E-state index in [0.29, 0.717) is 29.3 Å².